The summed E-state index contributed by atoms with van der Waals surface area (Å²) in [7, 11) is 1.55. The highest BCUT2D eigenvalue weighted by molar-refractivity contribution is 9.10. The van der Waals surface area contributed by atoms with Gasteiger partial charge in [-0.15, -0.1) is 0 Å². The van der Waals surface area contributed by atoms with E-state index in [0.29, 0.717) is 13.0 Å². The molecular weight excluding hydrogens is 236 g/mol. The van der Waals surface area contributed by atoms with Gasteiger partial charge in [-0.2, -0.15) is 0 Å². The fourth-order valence-electron chi connectivity index (χ4n) is 0.963. The highest BCUT2D eigenvalue weighted by atomic mass is 79.9. The highest BCUT2D eigenvalue weighted by Gasteiger charge is 2.08. The molecule has 0 saturated carbocycles. The second-order valence-corrected chi connectivity index (χ2v) is 3.48. The largest absolute Gasteiger partial charge is 0.390 e. The molecule has 5 heteroatoms. The topological polar surface area (TPSA) is 55.2 Å². The fourth-order valence-corrected chi connectivity index (χ4v) is 1.35. The van der Waals surface area contributed by atoms with Crippen LogP contribution in [0.25, 0.3) is 0 Å². The Labute approximate surface area is 85.1 Å². The van der Waals surface area contributed by atoms with E-state index in [1.807, 2.05) is 0 Å². The van der Waals surface area contributed by atoms with Crippen LogP contribution in [-0.2, 0) is 11.2 Å². The van der Waals surface area contributed by atoms with Crippen LogP contribution >= 0.6 is 15.9 Å². The molecule has 4 nitrogen and oxygen atoms in total. The van der Waals surface area contributed by atoms with E-state index < -0.39 is 6.10 Å². The summed E-state index contributed by atoms with van der Waals surface area (Å²) < 4.78 is 5.62. The van der Waals surface area contributed by atoms with Crippen molar-refractivity contribution in [2.24, 2.45) is 0 Å². The zero-order valence-corrected chi connectivity index (χ0v) is 8.86. The molecule has 1 heterocycles. The molecule has 1 aromatic heterocycles. The first-order valence-corrected chi connectivity index (χ1v) is 4.64. The van der Waals surface area contributed by atoms with E-state index in [9.17, 15) is 5.11 Å². The van der Waals surface area contributed by atoms with Gasteiger partial charge in [0.25, 0.3) is 0 Å². The predicted octanol–water partition coefficient (Wildman–Crippen LogP) is 0.789. The third kappa shape index (κ3) is 3.38. The van der Waals surface area contributed by atoms with Crippen molar-refractivity contribution >= 4 is 15.9 Å². The van der Waals surface area contributed by atoms with Gasteiger partial charge in [0.2, 0.25) is 0 Å². The van der Waals surface area contributed by atoms with E-state index in [2.05, 4.69) is 25.9 Å². The smallest absolute Gasteiger partial charge is 0.115 e. The van der Waals surface area contributed by atoms with Crippen LogP contribution in [0.5, 0.6) is 0 Å². The molecule has 13 heavy (non-hydrogen) atoms. The molecule has 0 aliphatic carbocycles. The van der Waals surface area contributed by atoms with Crippen molar-refractivity contribution in [3.63, 3.8) is 0 Å². The molecule has 0 saturated heterocycles. The maximum Gasteiger partial charge on any atom is 0.115 e. The standard InChI is InChI=1S/C8H11BrN2O2/c1-13-4-6(12)2-8-7(9)3-10-5-11-8/h3,5-6,12H,2,4H2,1H3. The minimum atomic E-state index is -0.517. The molecule has 1 aromatic rings. The fraction of sp³-hybridized carbons (Fsp3) is 0.500. The van der Waals surface area contributed by atoms with Crippen LogP contribution in [0.2, 0.25) is 0 Å². The van der Waals surface area contributed by atoms with Gasteiger partial charge >= 0.3 is 0 Å². The van der Waals surface area contributed by atoms with Gasteiger partial charge in [0.05, 0.1) is 22.9 Å². The lowest BCUT2D eigenvalue weighted by Gasteiger charge is -2.08. The van der Waals surface area contributed by atoms with Crippen molar-refractivity contribution in [1.82, 2.24) is 9.97 Å². The first-order valence-electron chi connectivity index (χ1n) is 3.85. The van der Waals surface area contributed by atoms with Crippen LogP contribution in [0.15, 0.2) is 17.0 Å². The molecule has 1 atom stereocenters. The van der Waals surface area contributed by atoms with Crippen molar-refractivity contribution in [2.75, 3.05) is 13.7 Å². The zero-order chi connectivity index (χ0) is 9.68. The maximum absolute atomic E-state index is 9.42. The Morgan fingerprint density at radius 3 is 3.08 bits per heavy atom. The monoisotopic (exact) mass is 246 g/mol. The lowest BCUT2D eigenvalue weighted by molar-refractivity contribution is 0.0643. The number of rotatable bonds is 4. The third-order valence-electron chi connectivity index (χ3n) is 1.53. The van der Waals surface area contributed by atoms with Gasteiger partial charge in [-0.3, -0.25) is 0 Å². The minimum Gasteiger partial charge on any atom is -0.390 e. The Hall–Kier alpha value is -0.520. The number of ether oxygens (including phenoxy) is 1. The number of hydrogen-bond donors (Lipinski definition) is 1. The van der Waals surface area contributed by atoms with E-state index in [4.69, 9.17) is 4.74 Å². The summed E-state index contributed by atoms with van der Waals surface area (Å²) in [6.45, 7) is 0.316. The summed E-state index contributed by atoms with van der Waals surface area (Å²) in [5.74, 6) is 0. The summed E-state index contributed by atoms with van der Waals surface area (Å²) in [5, 5.41) is 9.42. The molecule has 0 bridgehead atoms. The molecule has 1 rings (SSSR count). The second-order valence-electron chi connectivity index (χ2n) is 2.63. The Bertz CT molecular complexity index is 270. The number of methoxy groups -OCH3 is 1. The predicted molar refractivity (Wildman–Crippen MR) is 51.3 cm³/mol. The van der Waals surface area contributed by atoms with Crippen molar-refractivity contribution in [1.29, 1.82) is 0 Å². The van der Waals surface area contributed by atoms with Gasteiger partial charge in [-0.25, -0.2) is 9.97 Å². The molecule has 1 unspecified atom stereocenters. The van der Waals surface area contributed by atoms with Crippen molar-refractivity contribution in [2.45, 2.75) is 12.5 Å². The maximum atomic E-state index is 9.42. The summed E-state index contributed by atoms with van der Waals surface area (Å²) in [5.41, 5.74) is 0.791. The van der Waals surface area contributed by atoms with Gasteiger partial charge in [-0.1, -0.05) is 0 Å². The average molecular weight is 247 g/mol. The van der Waals surface area contributed by atoms with Crippen LogP contribution in [0.4, 0.5) is 0 Å². The van der Waals surface area contributed by atoms with Crippen LogP contribution in [0, 0.1) is 0 Å². The summed E-state index contributed by atoms with van der Waals surface area (Å²) in [4.78, 5) is 7.85. The summed E-state index contributed by atoms with van der Waals surface area (Å²) in [6, 6.07) is 0. The van der Waals surface area contributed by atoms with Gasteiger partial charge in [0, 0.05) is 19.7 Å². The molecule has 0 aliphatic heterocycles. The van der Waals surface area contributed by atoms with Gasteiger partial charge in [0.1, 0.15) is 6.33 Å². The Balaban J connectivity index is 2.58. The average Bonchev–Trinajstić information content (AvgIpc) is 2.09. The van der Waals surface area contributed by atoms with E-state index in [-0.39, 0.29) is 0 Å². The first-order chi connectivity index (χ1) is 6.24. The Morgan fingerprint density at radius 2 is 2.46 bits per heavy atom. The van der Waals surface area contributed by atoms with Crippen LogP contribution in [-0.4, -0.2) is 34.9 Å². The highest BCUT2D eigenvalue weighted by Crippen LogP contribution is 2.13. The number of hydrogen-bond acceptors (Lipinski definition) is 4. The first kappa shape index (κ1) is 10.6. The van der Waals surface area contributed by atoms with Gasteiger partial charge in [0.15, 0.2) is 0 Å². The van der Waals surface area contributed by atoms with E-state index in [1.54, 1.807) is 13.3 Å². The lowest BCUT2D eigenvalue weighted by Crippen LogP contribution is -2.17. The summed E-state index contributed by atoms with van der Waals surface area (Å²) in [6.07, 6.45) is 3.06. The van der Waals surface area contributed by atoms with Crippen molar-refractivity contribution in [3.8, 4) is 0 Å². The Morgan fingerprint density at radius 1 is 1.69 bits per heavy atom. The number of nitrogens with zero attached hydrogens (tertiary/aromatic N) is 2. The van der Waals surface area contributed by atoms with Gasteiger partial charge in [-0.05, 0) is 15.9 Å². The zero-order valence-electron chi connectivity index (χ0n) is 7.27. The summed E-state index contributed by atoms with van der Waals surface area (Å²) >= 11 is 3.30. The van der Waals surface area contributed by atoms with Crippen LogP contribution in [0.3, 0.4) is 0 Å². The normalized spacial score (nSPS) is 12.8. The van der Waals surface area contributed by atoms with E-state index >= 15 is 0 Å². The quantitative estimate of drug-likeness (QED) is 0.854. The van der Waals surface area contributed by atoms with Crippen LogP contribution in [0.1, 0.15) is 5.69 Å². The molecule has 0 spiro atoms. The molecule has 0 radical (unpaired) electrons. The number of aliphatic hydroxyl groups is 1. The SMILES string of the molecule is COCC(O)Cc1ncncc1Br. The third-order valence-corrected chi connectivity index (χ3v) is 2.19. The minimum absolute atomic E-state index is 0.316. The molecular formula is C8H11BrN2O2. The molecule has 1 N–H and O–H groups in total. The molecule has 0 amide bonds. The molecule has 0 fully saturated rings. The van der Waals surface area contributed by atoms with E-state index in [1.165, 1.54) is 6.33 Å². The Kier molecular flexibility index (Phi) is 4.27. The second kappa shape index (κ2) is 5.26. The van der Waals surface area contributed by atoms with Crippen molar-refractivity contribution < 1.29 is 9.84 Å². The molecule has 0 aromatic carbocycles. The number of halogens is 1. The van der Waals surface area contributed by atoms with E-state index in [0.717, 1.165) is 10.2 Å². The molecule has 0 aliphatic rings. The number of aromatic nitrogens is 2. The van der Waals surface area contributed by atoms with Crippen LogP contribution < -0.4 is 0 Å². The molecule has 72 valence electrons. The lowest BCUT2D eigenvalue weighted by atomic mass is 10.2. The number of aliphatic hydroxyl groups excluding tert-OH is 1. The van der Waals surface area contributed by atoms with Crippen molar-refractivity contribution in [3.05, 3.63) is 22.7 Å². The van der Waals surface area contributed by atoms with Gasteiger partial charge < -0.3 is 9.84 Å².